The Morgan fingerprint density at radius 3 is 2.25 bits per heavy atom. The van der Waals surface area contributed by atoms with Gasteiger partial charge < -0.3 is 5.73 Å². The molecule has 106 valence electrons. The molecule has 20 heavy (non-hydrogen) atoms. The van der Waals surface area contributed by atoms with Gasteiger partial charge in [-0.05, 0) is 49.4 Å². The normalized spacial score (nSPS) is 14.1. The minimum absolute atomic E-state index is 0.444. The molecule has 0 spiro atoms. The summed E-state index contributed by atoms with van der Waals surface area (Å²) in [6.45, 7) is 8.55. The van der Waals surface area contributed by atoms with E-state index in [0.29, 0.717) is 0 Å². The van der Waals surface area contributed by atoms with Gasteiger partial charge in [0.1, 0.15) is 0 Å². The number of nitrogens with two attached hydrogens (primary N) is 1. The molecular formula is C19H25N. The van der Waals surface area contributed by atoms with E-state index in [1.165, 1.54) is 34.2 Å². The fraction of sp³-hybridized carbons (Fsp3) is 0.368. The van der Waals surface area contributed by atoms with Crippen LogP contribution in [0.4, 0.5) is 0 Å². The summed E-state index contributed by atoms with van der Waals surface area (Å²) in [6, 6.07) is 15.2. The van der Waals surface area contributed by atoms with Gasteiger partial charge in [-0.2, -0.15) is 0 Å². The van der Waals surface area contributed by atoms with Crippen molar-refractivity contribution in [3.05, 3.63) is 70.3 Å². The Balaban J connectivity index is 2.40. The summed E-state index contributed by atoms with van der Waals surface area (Å²) in [5.74, 6) is 0. The first-order valence-electron chi connectivity index (χ1n) is 7.41. The van der Waals surface area contributed by atoms with Gasteiger partial charge in [-0.3, -0.25) is 0 Å². The number of rotatable bonds is 4. The molecule has 1 atom stereocenters. The number of hydrogen-bond acceptors (Lipinski definition) is 1. The molecule has 0 aliphatic carbocycles. The largest absolute Gasteiger partial charge is 0.318 e. The minimum Gasteiger partial charge on any atom is -0.318 e. The van der Waals surface area contributed by atoms with E-state index in [0.717, 1.165) is 6.42 Å². The Labute approximate surface area is 122 Å². The van der Waals surface area contributed by atoms with Gasteiger partial charge in [-0.15, -0.1) is 0 Å². The van der Waals surface area contributed by atoms with E-state index >= 15 is 0 Å². The van der Waals surface area contributed by atoms with Crippen LogP contribution in [0.5, 0.6) is 0 Å². The van der Waals surface area contributed by atoms with Crippen LogP contribution in [0.1, 0.15) is 48.1 Å². The first kappa shape index (κ1) is 14.8. The molecule has 0 fully saturated rings. The molecular weight excluding hydrogens is 242 g/mol. The summed E-state index contributed by atoms with van der Waals surface area (Å²) in [5, 5.41) is 0. The van der Waals surface area contributed by atoms with E-state index < -0.39 is 5.54 Å². The maximum Gasteiger partial charge on any atom is 0.0639 e. The van der Waals surface area contributed by atoms with Crippen molar-refractivity contribution in [1.82, 2.24) is 0 Å². The monoisotopic (exact) mass is 267 g/mol. The summed E-state index contributed by atoms with van der Waals surface area (Å²) in [5.41, 5.74) is 12.5. The molecule has 1 heteroatoms. The molecule has 2 N–H and O–H groups in total. The molecule has 1 nitrogen and oxygen atoms in total. The topological polar surface area (TPSA) is 26.0 Å². The molecule has 2 aromatic rings. The summed E-state index contributed by atoms with van der Waals surface area (Å²) in [7, 11) is 0. The fourth-order valence-electron chi connectivity index (χ4n) is 2.76. The molecule has 2 aromatic carbocycles. The van der Waals surface area contributed by atoms with E-state index in [-0.39, 0.29) is 0 Å². The molecule has 0 bridgehead atoms. The van der Waals surface area contributed by atoms with Crippen molar-refractivity contribution in [1.29, 1.82) is 0 Å². The predicted molar refractivity (Wildman–Crippen MR) is 87.0 cm³/mol. The number of aryl methyl sites for hydroxylation is 3. The van der Waals surface area contributed by atoms with Crippen molar-refractivity contribution in [3.63, 3.8) is 0 Å². The van der Waals surface area contributed by atoms with Gasteiger partial charge in [-0.25, -0.2) is 0 Å². The molecule has 0 aliphatic rings. The van der Waals surface area contributed by atoms with Gasteiger partial charge >= 0.3 is 0 Å². The van der Waals surface area contributed by atoms with Crippen LogP contribution < -0.4 is 5.73 Å². The third-order valence-corrected chi connectivity index (χ3v) is 4.04. The molecule has 0 saturated carbocycles. The number of benzene rings is 2. The smallest absolute Gasteiger partial charge is 0.0639 e. The zero-order valence-electron chi connectivity index (χ0n) is 13.0. The van der Waals surface area contributed by atoms with E-state index in [1.807, 2.05) is 0 Å². The Hall–Kier alpha value is -1.60. The van der Waals surface area contributed by atoms with Crippen LogP contribution in [-0.4, -0.2) is 0 Å². The van der Waals surface area contributed by atoms with E-state index in [9.17, 15) is 0 Å². The molecule has 0 saturated heterocycles. The average Bonchev–Trinajstić information content (AvgIpc) is 2.42. The molecule has 1 unspecified atom stereocenters. The highest BCUT2D eigenvalue weighted by molar-refractivity contribution is 5.43. The zero-order chi connectivity index (χ0) is 14.8. The highest BCUT2D eigenvalue weighted by Gasteiger charge is 2.25. The van der Waals surface area contributed by atoms with Crippen molar-refractivity contribution in [3.8, 4) is 0 Å². The van der Waals surface area contributed by atoms with Gasteiger partial charge in [0, 0.05) is 0 Å². The van der Waals surface area contributed by atoms with Crippen molar-refractivity contribution < 1.29 is 0 Å². The van der Waals surface area contributed by atoms with Gasteiger partial charge in [-0.1, -0.05) is 61.4 Å². The maximum absolute atomic E-state index is 6.65. The van der Waals surface area contributed by atoms with E-state index in [1.54, 1.807) is 0 Å². The Morgan fingerprint density at radius 1 is 1.00 bits per heavy atom. The predicted octanol–water partition coefficient (Wildman–Crippen LogP) is 4.48. The van der Waals surface area contributed by atoms with Crippen LogP contribution >= 0.6 is 0 Å². The lowest BCUT2D eigenvalue weighted by atomic mass is 9.82. The van der Waals surface area contributed by atoms with Gasteiger partial charge in [0.15, 0.2) is 0 Å². The molecule has 0 heterocycles. The highest BCUT2D eigenvalue weighted by atomic mass is 14.7. The molecule has 0 radical (unpaired) electrons. The van der Waals surface area contributed by atoms with E-state index in [2.05, 4.69) is 70.2 Å². The molecule has 0 amide bonds. The third-order valence-electron chi connectivity index (χ3n) is 4.04. The lowest BCUT2D eigenvalue weighted by Crippen LogP contribution is -2.35. The lowest BCUT2D eigenvalue weighted by molar-refractivity contribution is 0.598. The lowest BCUT2D eigenvalue weighted by Gasteiger charge is -2.28. The second-order valence-corrected chi connectivity index (χ2v) is 5.97. The van der Waals surface area contributed by atoms with Crippen molar-refractivity contribution in [2.45, 2.75) is 46.1 Å². The first-order chi connectivity index (χ1) is 9.45. The summed E-state index contributed by atoms with van der Waals surface area (Å²) in [6.07, 6.45) is 2.31. The SMILES string of the molecule is CCCc1ccc(C(C)(N)c2cc(C)ccc2C)cc1. The summed E-state index contributed by atoms with van der Waals surface area (Å²) < 4.78 is 0. The van der Waals surface area contributed by atoms with Gasteiger partial charge in [0.25, 0.3) is 0 Å². The maximum atomic E-state index is 6.65. The second kappa shape index (κ2) is 5.80. The Morgan fingerprint density at radius 2 is 1.65 bits per heavy atom. The zero-order valence-corrected chi connectivity index (χ0v) is 13.0. The average molecular weight is 267 g/mol. The van der Waals surface area contributed by atoms with Gasteiger partial charge in [0.2, 0.25) is 0 Å². The van der Waals surface area contributed by atoms with Crippen LogP contribution in [0.2, 0.25) is 0 Å². The standard InChI is InChI=1S/C19H25N/c1-5-6-16-9-11-17(12-10-16)19(4,20)18-13-14(2)7-8-15(18)3/h7-13H,5-6,20H2,1-4H3. The van der Waals surface area contributed by atoms with Crippen LogP contribution in [0.25, 0.3) is 0 Å². The van der Waals surface area contributed by atoms with Crippen LogP contribution in [-0.2, 0) is 12.0 Å². The Bertz CT molecular complexity index is 579. The summed E-state index contributed by atoms with van der Waals surface area (Å²) >= 11 is 0. The quantitative estimate of drug-likeness (QED) is 0.868. The molecule has 2 rings (SSSR count). The molecule has 0 aliphatic heterocycles. The Kier molecular flexibility index (Phi) is 4.29. The summed E-state index contributed by atoms with van der Waals surface area (Å²) in [4.78, 5) is 0. The minimum atomic E-state index is -0.444. The molecule has 0 aromatic heterocycles. The second-order valence-electron chi connectivity index (χ2n) is 5.97. The van der Waals surface area contributed by atoms with Crippen LogP contribution in [0, 0.1) is 13.8 Å². The van der Waals surface area contributed by atoms with Crippen molar-refractivity contribution >= 4 is 0 Å². The fourth-order valence-corrected chi connectivity index (χ4v) is 2.76. The third kappa shape index (κ3) is 2.94. The number of hydrogen-bond donors (Lipinski definition) is 1. The van der Waals surface area contributed by atoms with Crippen LogP contribution in [0.15, 0.2) is 42.5 Å². The van der Waals surface area contributed by atoms with Crippen molar-refractivity contribution in [2.75, 3.05) is 0 Å². The first-order valence-corrected chi connectivity index (χ1v) is 7.41. The highest BCUT2D eigenvalue weighted by Crippen LogP contribution is 2.30. The van der Waals surface area contributed by atoms with E-state index in [4.69, 9.17) is 5.73 Å². The van der Waals surface area contributed by atoms with Gasteiger partial charge in [0.05, 0.1) is 5.54 Å². The van der Waals surface area contributed by atoms with Crippen molar-refractivity contribution in [2.24, 2.45) is 5.73 Å². The van der Waals surface area contributed by atoms with Crippen LogP contribution in [0.3, 0.4) is 0 Å².